The van der Waals surface area contributed by atoms with Crippen LogP contribution in [0.2, 0.25) is 5.02 Å². The molecule has 0 aliphatic heterocycles. The highest BCUT2D eigenvalue weighted by molar-refractivity contribution is 6.30. The molecule has 0 radical (unpaired) electrons. The van der Waals surface area contributed by atoms with Crippen molar-refractivity contribution in [2.24, 2.45) is 0 Å². The van der Waals surface area contributed by atoms with Crippen LogP contribution in [-0.2, 0) is 6.18 Å². The molecule has 190 valence electrons. The van der Waals surface area contributed by atoms with Crippen LogP contribution in [0.1, 0.15) is 33.0 Å². The minimum absolute atomic E-state index is 0.0348. The van der Waals surface area contributed by atoms with Gasteiger partial charge >= 0.3 is 12.4 Å². The van der Waals surface area contributed by atoms with Crippen molar-refractivity contribution in [3.63, 3.8) is 0 Å². The van der Waals surface area contributed by atoms with Crippen LogP contribution in [0.5, 0.6) is 0 Å². The normalized spacial score (nSPS) is 13.3. The number of anilines is 1. The number of benzene rings is 2. The van der Waals surface area contributed by atoms with Gasteiger partial charge in [-0.2, -0.15) is 26.3 Å². The molecule has 0 saturated carbocycles. The SMILES string of the molecule is O=C(NNc1ncccn1)c1ccc(C(F)=CC(c2ccc(F)c(Cl)c2)C(F)(F)F)cc1C(F)(F)F. The van der Waals surface area contributed by atoms with Crippen LogP contribution in [0.3, 0.4) is 0 Å². The Kier molecular flexibility index (Phi) is 7.82. The predicted octanol–water partition coefficient (Wildman–Crippen LogP) is 6.70. The molecule has 0 saturated heterocycles. The number of amides is 1. The fourth-order valence-electron chi connectivity index (χ4n) is 3.00. The number of hydrogen-bond acceptors (Lipinski definition) is 4. The maximum atomic E-state index is 14.8. The Bertz CT molecular complexity index is 1280. The molecule has 1 unspecified atom stereocenters. The van der Waals surface area contributed by atoms with Crippen molar-refractivity contribution in [3.8, 4) is 0 Å². The lowest BCUT2D eigenvalue weighted by Crippen LogP contribution is -2.32. The number of carbonyl (C=O) groups is 1. The number of allylic oxidation sites excluding steroid dienone is 1. The molecule has 0 spiro atoms. The number of nitrogens with one attached hydrogen (secondary N) is 2. The van der Waals surface area contributed by atoms with E-state index in [0.717, 1.165) is 6.07 Å². The highest BCUT2D eigenvalue weighted by Gasteiger charge is 2.40. The van der Waals surface area contributed by atoms with Gasteiger partial charge in [0.1, 0.15) is 17.6 Å². The van der Waals surface area contributed by atoms with E-state index in [0.29, 0.717) is 24.3 Å². The van der Waals surface area contributed by atoms with Crippen molar-refractivity contribution in [2.75, 3.05) is 5.43 Å². The summed E-state index contributed by atoms with van der Waals surface area (Å²) in [6, 6.07) is 4.96. The van der Waals surface area contributed by atoms with E-state index in [1.54, 1.807) is 0 Å². The molecule has 2 N–H and O–H groups in total. The molecule has 3 aromatic rings. The second-order valence-corrected chi connectivity index (χ2v) is 7.52. The molecule has 2 aromatic carbocycles. The van der Waals surface area contributed by atoms with E-state index in [1.165, 1.54) is 18.5 Å². The first-order valence-corrected chi connectivity index (χ1v) is 10.1. The highest BCUT2D eigenvalue weighted by atomic mass is 35.5. The van der Waals surface area contributed by atoms with E-state index in [2.05, 4.69) is 15.4 Å². The lowest BCUT2D eigenvalue weighted by Gasteiger charge is -2.19. The molecule has 0 aliphatic rings. The molecular weight excluding hydrogens is 524 g/mol. The molecule has 0 bridgehead atoms. The van der Waals surface area contributed by atoms with Crippen LogP contribution in [0.15, 0.2) is 60.9 Å². The van der Waals surface area contributed by atoms with E-state index in [1.807, 2.05) is 5.43 Å². The van der Waals surface area contributed by atoms with Gasteiger partial charge in [0.15, 0.2) is 0 Å². The van der Waals surface area contributed by atoms with Crippen LogP contribution in [-0.4, -0.2) is 22.1 Å². The molecule has 1 atom stereocenters. The van der Waals surface area contributed by atoms with Crippen LogP contribution in [0.4, 0.5) is 41.1 Å². The number of alkyl halides is 6. The number of halogens is 9. The summed E-state index contributed by atoms with van der Waals surface area (Å²) in [5, 5.41) is -0.653. The van der Waals surface area contributed by atoms with Crippen LogP contribution in [0.25, 0.3) is 5.83 Å². The molecule has 0 fully saturated rings. The second-order valence-electron chi connectivity index (χ2n) is 7.12. The van der Waals surface area contributed by atoms with Crippen molar-refractivity contribution < 1.29 is 39.9 Å². The molecule has 1 aromatic heterocycles. The number of carbonyl (C=O) groups excluding carboxylic acids is 1. The van der Waals surface area contributed by atoms with Gasteiger partial charge in [0.05, 0.1) is 16.1 Å². The average Bonchev–Trinajstić information content (AvgIpc) is 2.81. The first-order valence-electron chi connectivity index (χ1n) is 9.71. The van der Waals surface area contributed by atoms with Crippen molar-refractivity contribution in [1.29, 1.82) is 0 Å². The molecule has 0 aliphatic carbocycles. The fraction of sp³-hybridized carbons (Fsp3) is 0.136. The Labute approximate surface area is 202 Å². The smallest absolute Gasteiger partial charge is 0.267 e. The van der Waals surface area contributed by atoms with Crippen LogP contribution >= 0.6 is 11.6 Å². The predicted molar refractivity (Wildman–Crippen MR) is 114 cm³/mol. The van der Waals surface area contributed by atoms with Crippen molar-refractivity contribution in [1.82, 2.24) is 15.4 Å². The van der Waals surface area contributed by atoms with Gasteiger partial charge in [-0.15, -0.1) is 0 Å². The highest BCUT2D eigenvalue weighted by Crippen LogP contribution is 2.40. The molecule has 1 heterocycles. The Hall–Kier alpha value is -3.74. The lowest BCUT2D eigenvalue weighted by molar-refractivity contribution is -0.140. The second kappa shape index (κ2) is 10.5. The summed E-state index contributed by atoms with van der Waals surface area (Å²) in [6.07, 6.45) is -7.63. The molecule has 3 rings (SSSR count). The summed E-state index contributed by atoms with van der Waals surface area (Å²) in [5.74, 6) is -6.75. The van der Waals surface area contributed by atoms with E-state index in [-0.39, 0.29) is 18.1 Å². The van der Waals surface area contributed by atoms with Crippen LogP contribution < -0.4 is 10.9 Å². The quantitative estimate of drug-likeness (QED) is 0.272. The van der Waals surface area contributed by atoms with Gasteiger partial charge in [0.2, 0.25) is 5.95 Å². The third-order valence-corrected chi connectivity index (χ3v) is 4.96. The third-order valence-electron chi connectivity index (χ3n) is 4.67. The molecule has 14 heteroatoms. The van der Waals surface area contributed by atoms with Crippen molar-refractivity contribution in [2.45, 2.75) is 18.3 Å². The zero-order valence-corrected chi connectivity index (χ0v) is 18.3. The molecule has 1 amide bonds. The third kappa shape index (κ3) is 6.47. The van der Waals surface area contributed by atoms with Gasteiger partial charge in [-0.25, -0.2) is 18.7 Å². The van der Waals surface area contributed by atoms with E-state index >= 15 is 0 Å². The summed E-state index contributed by atoms with van der Waals surface area (Å²) in [6.45, 7) is 0. The minimum atomic E-state index is -5.17. The Morgan fingerprint density at radius 3 is 2.25 bits per heavy atom. The largest absolute Gasteiger partial charge is 0.417 e. The zero-order chi connectivity index (χ0) is 26.7. The Balaban J connectivity index is 1.96. The Morgan fingerprint density at radius 1 is 1.00 bits per heavy atom. The Morgan fingerprint density at radius 2 is 1.67 bits per heavy atom. The summed E-state index contributed by atoms with van der Waals surface area (Å²) in [4.78, 5) is 19.7. The first-order chi connectivity index (χ1) is 16.8. The summed E-state index contributed by atoms with van der Waals surface area (Å²) < 4.78 is 110. The minimum Gasteiger partial charge on any atom is -0.267 e. The topological polar surface area (TPSA) is 66.9 Å². The van der Waals surface area contributed by atoms with Crippen molar-refractivity contribution in [3.05, 3.63) is 94.0 Å². The van der Waals surface area contributed by atoms with E-state index < -0.39 is 63.1 Å². The summed E-state index contributed by atoms with van der Waals surface area (Å²) in [7, 11) is 0. The van der Waals surface area contributed by atoms with Gasteiger partial charge in [0, 0.05) is 18.0 Å². The number of rotatable bonds is 6. The van der Waals surface area contributed by atoms with Gasteiger partial charge in [-0.05, 0) is 42.0 Å². The monoisotopic (exact) mass is 536 g/mol. The van der Waals surface area contributed by atoms with Gasteiger partial charge in [-0.3, -0.25) is 15.6 Å². The average molecular weight is 537 g/mol. The molecule has 36 heavy (non-hydrogen) atoms. The van der Waals surface area contributed by atoms with E-state index in [4.69, 9.17) is 11.6 Å². The maximum Gasteiger partial charge on any atom is 0.417 e. The number of aromatic nitrogens is 2. The maximum absolute atomic E-state index is 14.8. The van der Waals surface area contributed by atoms with Gasteiger partial charge in [0.25, 0.3) is 5.91 Å². The van der Waals surface area contributed by atoms with Crippen LogP contribution in [0, 0.1) is 5.82 Å². The van der Waals surface area contributed by atoms with Gasteiger partial charge in [-0.1, -0.05) is 23.7 Å². The van der Waals surface area contributed by atoms with Gasteiger partial charge < -0.3 is 0 Å². The van der Waals surface area contributed by atoms with Crippen molar-refractivity contribution >= 4 is 29.3 Å². The fourth-order valence-corrected chi connectivity index (χ4v) is 3.19. The zero-order valence-electron chi connectivity index (χ0n) is 17.6. The number of hydrazine groups is 1. The number of nitrogens with zero attached hydrogens (tertiary/aromatic N) is 2. The molecule has 5 nitrogen and oxygen atoms in total. The summed E-state index contributed by atoms with van der Waals surface area (Å²) >= 11 is 5.51. The first kappa shape index (κ1) is 26.9. The molecular formula is C22H13ClF8N4O. The standard InChI is InChI=1S/C22H13ClF8N4O/c23-16-9-11(3-5-17(16)24)14(21(26,27)28)10-18(25)12-2-4-13(15(8-12)22(29,30)31)19(36)34-35-20-32-6-1-7-33-20/h1-10,14H,(H,34,36)(H,32,33,35). The number of hydrogen-bond donors (Lipinski definition) is 2. The van der Waals surface area contributed by atoms with E-state index in [9.17, 15) is 39.9 Å². The summed E-state index contributed by atoms with van der Waals surface area (Å²) in [5.41, 5.74) is 0.0780. The lowest BCUT2D eigenvalue weighted by atomic mass is 9.95.